The van der Waals surface area contributed by atoms with Crippen LogP contribution in [0.25, 0.3) is 11.4 Å². The van der Waals surface area contributed by atoms with E-state index < -0.39 is 11.7 Å². The summed E-state index contributed by atoms with van der Waals surface area (Å²) in [7, 11) is 0. The molecule has 0 atom stereocenters. The number of halogens is 4. The highest BCUT2D eigenvalue weighted by atomic mass is 79.9. The van der Waals surface area contributed by atoms with Gasteiger partial charge in [0.1, 0.15) is 0 Å². The Morgan fingerprint density at radius 1 is 1.24 bits per heavy atom. The van der Waals surface area contributed by atoms with Gasteiger partial charge in [0.25, 0.3) is 0 Å². The highest BCUT2D eigenvalue weighted by Gasteiger charge is 2.31. The van der Waals surface area contributed by atoms with Gasteiger partial charge in [0.2, 0.25) is 5.95 Å². The number of anilines is 1. The maximum absolute atomic E-state index is 12.9. The molecule has 0 fully saturated rings. The molecule has 8 heteroatoms. The van der Waals surface area contributed by atoms with E-state index in [0.29, 0.717) is 34.9 Å². The third-order valence-corrected chi connectivity index (χ3v) is 3.63. The van der Waals surface area contributed by atoms with Gasteiger partial charge in [-0.05, 0) is 32.0 Å². The van der Waals surface area contributed by atoms with Crippen molar-refractivity contribution in [3.8, 4) is 11.4 Å². The van der Waals surface area contributed by atoms with Gasteiger partial charge in [-0.1, -0.05) is 15.9 Å². The van der Waals surface area contributed by atoms with Crippen LogP contribution in [0.4, 0.5) is 19.1 Å². The fourth-order valence-electron chi connectivity index (χ4n) is 1.96. The average molecular weight is 363 g/mol. The smallest absolute Gasteiger partial charge is 0.355 e. The second kappa shape index (κ2) is 6.05. The van der Waals surface area contributed by atoms with Crippen molar-refractivity contribution in [2.24, 2.45) is 0 Å². The number of aromatic nitrogens is 3. The number of benzene rings is 1. The normalized spacial score (nSPS) is 11.7. The van der Waals surface area contributed by atoms with Gasteiger partial charge >= 0.3 is 6.18 Å². The van der Waals surface area contributed by atoms with E-state index in [9.17, 15) is 13.2 Å². The molecule has 0 aliphatic heterocycles. The maximum atomic E-state index is 12.9. The molecule has 1 N–H and O–H groups in total. The molecule has 114 valence electrons. The molecule has 1 heterocycles. The molecule has 2 rings (SSSR count). The zero-order valence-corrected chi connectivity index (χ0v) is 13.1. The quantitative estimate of drug-likeness (QED) is 0.886. The summed E-state index contributed by atoms with van der Waals surface area (Å²) in [6, 6.07) is 3.49. The van der Waals surface area contributed by atoms with Crippen molar-refractivity contribution >= 4 is 21.9 Å². The molecule has 0 unspecified atom stereocenters. The van der Waals surface area contributed by atoms with Crippen LogP contribution in [0.1, 0.15) is 19.4 Å². The van der Waals surface area contributed by atoms with E-state index in [1.54, 1.807) is 4.57 Å². The van der Waals surface area contributed by atoms with Crippen molar-refractivity contribution in [3.63, 3.8) is 0 Å². The van der Waals surface area contributed by atoms with Crippen LogP contribution in [0, 0.1) is 0 Å². The summed E-state index contributed by atoms with van der Waals surface area (Å²) in [6.45, 7) is 5.00. The van der Waals surface area contributed by atoms with Crippen molar-refractivity contribution in [3.05, 3.63) is 28.2 Å². The molecule has 0 spiro atoms. The lowest BCUT2D eigenvalue weighted by molar-refractivity contribution is -0.137. The van der Waals surface area contributed by atoms with Gasteiger partial charge in [0.05, 0.1) is 5.56 Å². The summed E-state index contributed by atoms with van der Waals surface area (Å²) < 4.78 is 40.8. The number of nitrogens with zero attached hydrogens (tertiary/aromatic N) is 3. The molecule has 2 aromatic rings. The molecule has 0 amide bonds. The standard InChI is InChI=1S/C13H14BrF3N4/c1-3-18-12-20-19-11(21(12)4-2)9-7-8(13(15,16)17)5-6-10(9)14/h5-7H,3-4H2,1-2H3,(H,18,20). The van der Waals surface area contributed by atoms with Crippen LogP contribution >= 0.6 is 15.9 Å². The van der Waals surface area contributed by atoms with E-state index in [2.05, 4.69) is 31.4 Å². The second-order valence-corrected chi connectivity index (χ2v) is 5.17. The number of nitrogens with one attached hydrogen (secondary N) is 1. The van der Waals surface area contributed by atoms with E-state index in [4.69, 9.17) is 0 Å². The van der Waals surface area contributed by atoms with Crippen molar-refractivity contribution in [1.82, 2.24) is 14.8 Å². The van der Waals surface area contributed by atoms with Crippen LogP contribution in [-0.4, -0.2) is 21.3 Å². The van der Waals surface area contributed by atoms with Crippen LogP contribution in [0.3, 0.4) is 0 Å². The molecular weight excluding hydrogens is 349 g/mol. The molecule has 4 nitrogen and oxygen atoms in total. The molecule has 0 aliphatic carbocycles. The first-order chi connectivity index (χ1) is 9.88. The Labute approximate surface area is 128 Å². The lowest BCUT2D eigenvalue weighted by Crippen LogP contribution is -2.08. The highest BCUT2D eigenvalue weighted by molar-refractivity contribution is 9.10. The molecule has 0 saturated heterocycles. The van der Waals surface area contributed by atoms with Crippen molar-refractivity contribution in [1.29, 1.82) is 0 Å². The highest BCUT2D eigenvalue weighted by Crippen LogP contribution is 2.35. The lowest BCUT2D eigenvalue weighted by Gasteiger charge is -2.12. The second-order valence-electron chi connectivity index (χ2n) is 4.31. The Bertz CT molecular complexity index is 637. The van der Waals surface area contributed by atoms with Crippen LogP contribution in [0.15, 0.2) is 22.7 Å². The van der Waals surface area contributed by atoms with E-state index in [1.165, 1.54) is 6.07 Å². The van der Waals surface area contributed by atoms with Gasteiger partial charge in [-0.25, -0.2) is 0 Å². The molecule has 21 heavy (non-hydrogen) atoms. The minimum atomic E-state index is -4.39. The van der Waals surface area contributed by atoms with Crippen molar-refractivity contribution < 1.29 is 13.2 Å². The number of alkyl halides is 3. The van der Waals surface area contributed by atoms with E-state index >= 15 is 0 Å². The zero-order valence-electron chi connectivity index (χ0n) is 11.5. The summed E-state index contributed by atoms with van der Waals surface area (Å²) in [6.07, 6.45) is -4.39. The summed E-state index contributed by atoms with van der Waals surface area (Å²) >= 11 is 3.28. The molecule has 1 aromatic heterocycles. The number of rotatable bonds is 4. The minimum absolute atomic E-state index is 0.364. The first-order valence-electron chi connectivity index (χ1n) is 6.42. The molecule has 0 radical (unpaired) electrons. The summed E-state index contributed by atoms with van der Waals surface area (Å²) in [5.41, 5.74) is -0.348. The number of hydrogen-bond acceptors (Lipinski definition) is 3. The Morgan fingerprint density at radius 3 is 2.52 bits per heavy atom. The van der Waals surface area contributed by atoms with Crippen molar-refractivity contribution in [2.75, 3.05) is 11.9 Å². The van der Waals surface area contributed by atoms with Gasteiger partial charge in [0, 0.05) is 23.1 Å². The summed E-state index contributed by atoms with van der Waals surface area (Å²) in [5, 5.41) is 11.0. The topological polar surface area (TPSA) is 42.7 Å². The predicted octanol–water partition coefficient (Wildman–Crippen LogP) is 4.18. The molecular formula is C13H14BrF3N4. The average Bonchev–Trinajstić information content (AvgIpc) is 2.81. The maximum Gasteiger partial charge on any atom is 0.416 e. The van der Waals surface area contributed by atoms with Gasteiger partial charge in [-0.3, -0.25) is 4.57 Å². The molecule has 0 bridgehead atoms. The van der Waals surface area contributed by atoms with Gasteiger partial charge in [0.15, 0.2) is 5.82 Å². The van der Waals surface area contributed by atoms with Gasteiger partial charge in [-0.2, -0.15) is 13.2 Å². The molecule has 0 aliphatic rings. The SMILES string of the molecule is CCNc1nnc(-c2cc(C(F)(F)F)ccc2Br)n1CC. The Balaban J connectivity index is 2.56. The molecule has 0 saturated carbocycles. The Morgan fingerprint density at radius 2 is 1.95 bits per heavy atom. The van der Waals surface area contributed by atoms with E-state index in [1.807, 2.05) is 13.8 Å². The largest absolute Gasteiger partial charge is 0.416 e. The van der Waals surface area contributed by atoms with Crippen LogP contribution in [0.5, 0.6) is 0 Å². The summed E-state index contributed by atoms with van der Waals surface area (Å²) in [4.78, 5) is 0. The van der Waals surface area contributed by atoms with Crippen LogP contribution < -0.4 is 5.32 Å². The third kappa shape index (κ3) is 3.20. The van der Waals surface area contributed by atoms with Crippen molar-refractivity contribution in [2.45, 2.75) is 26.6 Å². The monoisotopic (exact) mass is 362 g/mol. The lowest BCUT2D eigenvalue weighted by atomic mass is 10.1. The van der Waals surface area contributed by atoms with Crippen LogP contribution in [-0.2, 0) is 12.7 Å². The Hall–Kier alpha value is -1.57. The van der Waals surface area contributed by atoms with E-state index in [0.717, 1.165) is 12.1 Å². The van der Waals surface area contributed by atoms with E-state index in [-0.39, 0.29) is 0 Å². The first kappa shape index (κ1) is 15.8. The fourth-order valence-corrected chi connectivity index (χ4v) is 2.39. The fraction of sp³-hybridized carbons (Fsp3) is 0.385. The minimum Gasteiger partial charge on any atom is -0.355 e. The third-order valence-electron chi connectivity index (χ3n) is 2.94. The molecule has 1 aromatic carbocycles. The number of hydrogen-bond donors (Lipinski definition) is 1. The zero-order chi connectivity index (χ0) is 15.6. The van der Waals surface area contributed by atoms with Gasteiger partial charge < -0.3 is 5.32 Å². The first-order valence-corrected chi connectivity index (χ1v) is 7.22. The van der Waals surface area contributed by atoms with Gasteiger partial charge in [-0.15, -0.1) is 10.2 Å². The Kier molecular flexibility index (Phi) is 4.55. The predicted molar refractivity (Wildman–Crippen MR) is 78.0 cm³/mol. The van der Waals surface area contributed by atoms with Crippen LogP contribution in [0.2, 0.25) is 0 Å². The summed E-state index contributed by atoms with van der Waals surface area (Å²) in [5.74, 6) is 0.936.